The predicted octanol–water partition coefficient (Wildman–Crippen LogP) is 2.95. The SMILES string of the molecule is CCNc1nc(C)c(C(=O)NC23CC4CC(C2)CC(n2cncn2)(C4)C3)s1. The number of rotatable bonds is 5. The number of anilines is 1. The van der Waals surface area contributed by atoms with Crippen molar-refractivity contribution in [1.29, 1.82) is 0 Å². The van der Waals surface area contributed by atoms with Crippen molar-refractivity contribution in [2.45, 2.75) is 63.5 Å². The first-order valence-corrected chi connectivity index (χ1v) is 10.7. The lowest BCUT2D eigenvalue weighted by Crippen LogP contribution is -2.65. The normalized spacial score (nSPS) is 34.0. The van der Waals surface area contributed by atoms with Gasteiger partial charge in [-0.15, -0.1) is 0 Å². The molecule has 2 aromatic rings. The fourth-order valence-electron chi connectivity index (χ4n) is 6.21. The van der Waals surface area contributed by atoms with Gasteiger partial charge in [0, 0.05) is 12.1 Å². The van der Waals surface area contributed by atoms with Gasteiger partial charge >= 0.3 is 0 Å². The summed E-state index contributed by atoms with van der Waals surface area (Å²) in [6.07, 6.45) is 10.2. The van der Waals surface area contributed by atoms with Gasteiger partial charge in [-0.2, -0.15) is 5.10 Å². The Labute approximate surface area is 163 Å². The average molecular weight is 387 g/mol. The number of thiazole rings is 1. The molecule has 0 aliphatic heterocycles. The zero-order chi connectivity index (χ0) is 18.6. The summed E-state index contributed by atoms with van der Waals surface area (Å²) in [4.78, 5) is 22.6. The number of aryl methyl sites for hydroxylation is 1. The third kappa shape index (κ3) is 2.76. The molecule has 0 saturated heterocycles. The van der Waals surface area contributed by atoms with E-state index < -0.39 is 0 Å². The van der Waals surface area contributed by atoms with Crippen LogP contribution in [0.15, 0.2) is 12.7 Å². The first-order chi connectivity index (χ1) is 13.0. The molecular weight excluding hydrogens is 360 g/mol. The molecular formula is C19H26N6OS. The summed E-state index contributed by atoms with van der Waals surface area (Å²) < 4.78 is 2.08. The van der Waals surface area contributed by atoms with Crippen molar-refractivity contribution >= 4 is 22.4 Å². The summed E-state index contributed by atoms with van der Waals surface area (Å²) in [5.41, 5.74) is 0.706. The molecule has 4 saturated carbocycles. The summed E-state index contributed by atoms with van der Waals surface area (Å²) >= 11 is 1.46. The zero-order valence-corrected chi connectivity index (χ0v) is 16.7. The monoisotopic (exact) mass is 386 g/mol. The molecule has 6 rings (SSSR count). The van der Waals surface area contributed by atoms with Gasteiger partial charge in [0.15, 0.2) is 5.13 Å². The van der Waals surface area contributed by atoms with E-state index >= 15 is 0 Å². The zero-order valence-electron chi connectivity index (χ0n) is 15.9. The molecule has 1 amide bonds. The molecule has 2 aromatic heterocycles. The first kappa shape index (κ1) is 17.2. The lowest BCUT2D eigenvalue weighted by molar-refractivity contribution is -0.0744. The molecule has 144 valence electrons. The van der Waals surface area contributed by atoms with Crippen LogP contribution in [0.4, 0.5) is 5.13 Å². The van der Waals surface area contributed by atoms with Gasteiger partial charge in [-0.05, 0) is 64.2 Å². The van der Waals surface area contributed by atoms with Crippen LogP contribution in [-0.4, -0.2) is 37.7 Å². The maximum Gasteiger partial charge on any atom is 0.263 e. The molecule has 4 fully saturated rings. The molecule has 0 radical (unpaired) electrons. The lowest BCUT2D eigenvalue weighted by Gasteiger charge is -2.61. The number of carbonyl (C=O) groups is 1. The van der Waals surface area contributed by atoms with Gasteiger partial charge in [-0.1, -0.05) is 11.3 Å². The molecule has 0 aromatic carbocycles. The largest absolute Gasteiger partial charge is 0.362 e. The fraction of sp³-hybridized carbons (Fsp3) is 0.684. The van der Waals surface area contributed by atoms with Crippen molar-refractivity contribution in [3.05, 3.63) is 23.2 Å². The summed E-state index contributed by atoms with van der Waals surface area (Å²) in [6, 6.07) is 0. The van der Waals surface area contributed by atoms with Crippen LogP contribution in [0, 0.1) is 18.8 Å². The van der Waals surface area contributed by atoms with Gasteiger partial charge in [0.2, 0.25) is 0 Å². The molecule has 4 bridgehead atoms. The van der Waals surface area contributed by atoms with E-state index in [1.54, 1.807) is 6.33 Å². The van der Waals surface area contributed by atoms with E-state index in [0.29, 0.717) is 11.8 Å². The maximum atomic E-state index is 13.2. The minimum Gasteiger partial charge on any atom is -0.362 e. The maximum absolute atomic E-state index is 13.2. The van der Waals surface area contributed by atoms with Crippen LogP contribution < -0.4 is 10.6 Å². The highest BCUT2D eigenvalue weighted by molar-refractivity contribution is 7.17. The topological polar surface area (TPSA) is 84.7 Å². The highest BCUT2D eigenvalue weighted by Crippen LogP contribution is 2.60. The van der Waals surface area contributed by atoms with Gasteiger partial charge < -0.3 is 10.6 Å². The van der Waals surface area contributed by atoms with E-state index in [9.17, 15) is 4.79 Å². The molecule has 8 heteroatoms. The van der Waals surface area contributed by atoms with E-state index in [2.05, 4.69) is 30.4 Å². The second-order valence-electron chi connectivity index (χ2n) is 8.72. The Morgan fingerprint density at radius 2 is 2.11 bits per heavy atom. The number of nitrogens with one attached hydrogen (secondary N) is 2. The minimum absolute atomic E-state index is 0.0194. The Hall–Kier alpha value is -1.96. The first-order valence-electron chi connectivity index (χ1n) is 9.90. The van der Waals surface area contributed by atoms with Crippen LogP contribution in [0.5, 0.6) is 0 Å². The molecule has 2 unspecified atom stereocenters. The Bertz CT molecular complexity index is 846. The third-order valence-corrected chi connectivity index (χ3v) is 7.76. The smallest absolute Gasteiger partial charge is 0.263 e. The van der Waals surface area contributed by atoms with Crippen LogP contribution in [0.1, 0.15) is 60.8 Å². The van der Waals surface area contributed by atoms with Crippen molar-refractivity contribution in [3.63, 3.8) is 0 Å². The van der Waals surface area contributed by atoms with Crippen LogP contribution in [0.25, 0.3) is 0 Å². The molecule has 2 heterocycles. The van der Waals surface area contributed by atoms with Crippen LogP contribution in [0.2, 0.25) is 0 Å². The van der Waals surface area contributed by atoms with Crippen LogP contribution in [-0.2, 0) is 5.54 Å². The highest BCUT2D eigenvalue weighted by atomic mass is 32.1. The molecule has 4 aliphatic rings. The average Bonchev–Trinajstić information content (AvgIpc) is 3.24. The lowest BCUT2D eigenvalue weighted by atomic mass is 9.50. The van der Waals surface area contributed by atoms with E-state index in [1.807, 2.05) is 20.2 Å². The van der Waals surface area contributed by atoms with E-state index in [1.165, 1.54) is 17.8 Å². The van der Waals surface area contributed by atoms with Crippen LogP contribution >= 0.6 is 11.3 Å². The number of hydrogen-bond acceptors (Lipinski definition) is 6. The molecule has 4 aliphatic carbocycles. The Morgan fingerprint density at radius 1 is 1.33 bits per heavy atom. The standard InChI is InChI=1S/C19H26N6OS/c1-3-21-17-23-12(2)15(27-17)16(26)24-18-5-13-4-14(6-18)8-19(7-13,9-18)25-11-20-10-22-25/h10-11,13-14H,3-9H2,1-2H3,(H,21,23)(H,24,26). The Morgan fingerprint density at radius 3 is 2.78 bits per heavy atom. The minimum atomic E-state index is -0.123. The summed E-state index contributed by atoms with van der Waals surface area (Å²) in [5.74, 6) is 1.36. The number of aromatic nitrogens is 4. The summed E-state index contributed by atoms with van der Waals surface area (Å²) in [5, 5.41) is 12.0. The molecule has 27 heavy (non-hydrogen) atoms. The molecule has 2 atom stereocenters. The fourth-order valence-corrected chi connectivity index (χ4v) is 7.14. The third-order valence-electron chi connectivity index (χ3n) is 6.64. The van der Waals surface area contributed by atoms with E-state index in [4.69, 9.17) is 0 Å². The van der Waals surface area contributed by atoms with Crippen LogP contribution in [0.3, 0.4) is 0 Å². The van der Waals surface area contributed by atoms with Crippen molar-refractivity contribution in [2.75, 3.05) is 11.9 Å². The number of amides is 1. The molecule has 7 nitrogen and oxygen atoms in total. The van der Waals surface area contributed by atoms with Crippen molar-refractivity contribution in [3.8, 4) is 0 Å². The van der Waals surface area contributed by atoms with Crippen molar-refractivity contribution in [1.82, 2.24) is 25.1 Å². The Balaban J connectivity index is 1.42. The molecule has 0 spiro atoms. The second-order valence-corrected chi connectivity index (χ2v) is 9.72. The number of nitrogens with zero attached hydrogens (tertiary/aromatic N) is 4. The highest BCUT2D eigenvalue weighted by Gasteiger charge is 2.59. The number of carbonyl (C=O) groups excluding carboxylic acids is 1. The van der Waals surface area contributed by atoms with E-state index in [0.717, 1.165) is 54.4 Å². The van der Waals surface area contributed by atoms with Gasteiger partial charge in [0.25, 0.3) is 5.91 Å². The molecule has 2 N–H and O–H groups in total. The van der Waals surface area contributed by atoms with Crippen molar-refractivity contribution in [2.24, 2.45) is 11.8 Å². The quantitative estimate of drug-likeness (QED) is 0.825. The second kappa shape index (κ2) is 6.02. The Kier molecular flexibility index (Phi) is 3.83. The number of hydrogen-bond donors (Lipinski definition) is 2. The van der Waals surface area contributed by atoms with E-state index in [-0.39, 0.29) is 17.0 Å². The van der Waals surface area contributed by atoms with Crippen molar-refractivity contribution < 1.29 is 4.79 Å². The van der Waals surface area contributed by atoms with Gasteiger partial charge in [0.05, 0.1) is 11.2 Å². The van der Waals surface area contributed by atoms with Gasteiger partial charge in [0.1, 0.15) is 17.5 Å². The van der Waals surface area contributed by atoms with Gasteiger partial charge in [-0.25, -0.2) is 14.6 Å². The summed E-state index contributed by atoms with van der Waals surface area (Å²) in [6.45, 7) is 4.76. The summed E-state index contributed by atoms with van der Waals surface area (Å²) in [7, 11) is 0. The predicted molar refractivity (Wildman–Crippen MR) is 104 cm³/mol. The van der Waals surface area contributed by atoms with Gasteiger partial charge in [-0.3, -0.25) is 4.79 Å².